The van der Waals surface area contributed by atoms with Gasteiger partial charge in [0.2, 0.25) is 0 Å². The molecule has 1 rings (SSSR count). The second-order valence-corrected chi connectivity index (χ2v) is 3.19. The van der Waals surface area contributed by atoms with Crippen molar-refractivity contribution in [3.63, 3.8) is 0 Å². The van der Waals surface area contributed by atoms with Gasteiger partial charge in [-0.2, -0.15) is 0 Å². The highest BCUT2D eigenvalue weighted by Crippen LogP contribution is 2.27. The molecule has 0 amide bonds. The molecule has 0 N–H and O–H groups in total. The summed E-state index contributed by atoms with van der Waals surface area (Å²) in [5.41, 5.74) is 0. The van der Waals surface area contributed by atoms with Crippen molar-refractivity contribution in [1.29, 1.82) is 0 Å². The molecular weight excluding hydrogens is 164 g/mol. The normalized spacial score (nSPS) is 27.2. The number of ether oxygens (including phenoxy) is 1. The molecule has 0 bridgehead atoms. The van der Waals surface area contributed by atoms with E-state index in [1.165, 1.54) is 18.9 Å². The lowest BCUT2D eigenvalue weighted by molar-refractivity contribution is -0.104. The summed E-state index contributed by atoms with van der Waals surface area (Å²) in [5, 5.41) is 0. The Morgan fingerprint density at radius 1 is 1.31 bits per heavy atom. The number of epoxide rings is 1. The van der Waals surface area contributed by atoms with Gasteiger partial charge >= 0.3 is 0 Å². The second-order valence-electron chi connectivity index (χ2n) is 3.19. The van der Waals surface area contributed by atoms with Crippen molar-refractivity contribution < 1.29 is 9.53 Å². The lowest BCUT2D eigenvalue weighted by Crippen LogP contribution is -1.89. The second kappa shape index (κ2) is 5.70. The van der Waals surface area contributed by atoms with Gasteiger partial charge in [0, 0.05) is 0 Å². The lowest BCUT2D eigenvalue weighted by atomic mass is 10.1. The Morgan fingerprint density at radius 3 is 2.85 bits per heavy atom. The van der Waals surface area contributed by atoms with E-state index in [1.54, 1.807) is 6.08 Å². The van der Waals surface area contributed by atoms with Crippen LogP contribution in [0.4, 0.5) is 0 Å². The van der Waals surface area contributed by atoms with E-state index in [1.807, 2.05) is 12.2 Å². The summed E-state index contributed by atoms with van der Waals surface area (Å²) in [5.74, 6) is 0. The van der Waals surface area contributed by atoms with Gasteiger partial charge in [-0.05, 0) is 12.5 Å². The number of carbonyl (C=O) groups is 1. The van der Waals surface area contributed by atoms with Crippen LogP contribution in [0.3, 0.4) is 0 Å². The molecule has 0 aliphatic carbocycles. The molecule has 0 spiro atoms. The molecule has 1 aliphatic rings. The first-order valence-corrected chi connectivity index (χ1v) is 4.82. The summed E-state index contributed by atoms with van der Waals surface area (Å²) in [6, 6.07) is 0. The lowest BCUT2D eigenvalue weighted by Gasteiger charge is -1.88. The molecule has 2 unspecified atom stereocenters. The van der Waals surface area contributed by atoms with Gasteiger partial charge in [0.25, 0.3) is 0 Å². The third-order valence-corrected chi connectivity index (χ3v) is 2.07. The largest absolute Gasteiger partial charge is 0.365 e. The number of rotatable bonds is 6. The van der Waals surface area contributed by atoms with Crippen LogP contribution in [0.2, 0.25) is 0 Å². The van der Waals surface area contributed by atoms with E-state index in [9.17, 15) is 4.79 Å². The molecular formula is C11H16O2. The predicted octanol–water partition coefficient (Wildman–Crippen LogP) is 2.26. The van der Waals surface area contributed by atoms with Crippen LogP contribution in [0.1, 0.15) is 26.2 Å². The van der Waals surface area contributed by atoms with E-state index in [4.69, 9.17) is 4.74 Å². The van der Waals surface area contributed by atoms with Gasteiger partial charge in [-0.25, -0.2) is 0 Å². The van der Waals surface area contributed by atoms with Gasteiger partial charge in [0.05, 0.1) is 6.10 Å². The maximum absolute atomic E-state index is 9.92. The Bertz CT molecular complexity index is 206. The van der Waals surface area contributed by atoms with Crippen molar-refractivity contribution >= 4 is 6.29 Å². The fourth-order valence-electron chi connectivity index (χ4n) is 1.25. The summed E-state index contributed by atoms with van der Waals surface area (Å²) in [4.78, 5) is 9.92. The summed E-state index contributed by atoms with van der Waals surface area (Å²) >= 11 is 0. The first-order chi connectivity index (χ1) is 6.38. The number of hydrogen-bond donors (Lipinski definition) is 0. The molecule has 0 aromatic heterocycles. The summed E-state index contributed by atoms with van der Waals surface area (Å²) in [7, 11) is 0. The van der Waals surface area contributed by atoms with Gasteiger partial charge in [-0.3, -0.25) is 4.79 Å². The van der Waals surface area contributed by atoms with Crippen LogP contribution in [-0.2, 0) is 9.53 Å². The van der Waals surface area contributed by atoms with Crippen LogP contribution in [0, 0.1) is 0 Å². The van der Waals surface area contributed by atoms with Crippen molar-refractivity contribution in [3.8, 4) is 0 Å². The van der Waals surface area contributed by atoms with Crippen molar-refractivity contribution in [2.24, 2.45) is 0 Å². The number of hydrogen-bond acceptors (Lipinski definition) is 2. The van der Waals surface area contributed by atoms with Gasteiger partial charge in [-0.15, -0.1) is 0 Å². The first kappa shape index (κ1) is 10.2. The third-order valence-electron chi connectivity index (χ3n) is 2.07. The zero-order valence-electron chi connectivity index (χ0n) is 7.98. The standard InChI is InChI=1S/C11H16O2/c1-2-3-7-10-11(13-10)8-5-4-6-9-12/h4-6,8-11H,2-3,7H2,1H3. The highest BCUT2D eigenvalue weighted by molar-refractivity contribution is 5.65. The van der Waals surface area contributed by atoms with Gasteiger partial charge in [0.15, 0.2) is 0 Å². The van der Waals surface area contributed by atoms with E-state index < -0.39 is 0 Å². The average molecular weight is 180 g/mol. The predicted molar refractivity (Wildman–Crippen MR) is 52.5 cm³/mol. The van der Waals surface area contributed by atoms with E-state index >= 15 is 0 Å². The van der Waals surface area contributed by atoms with Crippen molar-refractivity contribution in [2.75, 3.05) is 0 Å². The van der Waals surface area contributed by atoms with Crippen LogP contribution in [0.25, 0.3) is 0 Å². The number of allylic oxidation sites excluding steroid dienone is 3. The van der Waals surface area contributed by atoms with Crippen LogP contribution >= 0.6 is 0 Å². The fraction of sp³-hybridized carbons (Fsp3) is 0.545. The molecule has 0 saturated carbocycles. The van der Waals surface area contributed by atoms with E-state index in [-0.39, 0.29) is 0 Å². The van der Waals surface area contributed by atoms with Crippen LogP contribution < -0.4 is 0 Å². The van der Waals surface area contributed by atoms with E-state index in [0.717, 1.165) is 12.7 Å². The zero-order chi connectivity index (χ0) is 9.52. The van der Waals surface area contributed by atoms with Crippen molar-refractivity contribution in [3.05, 3.63) is 24.3 Å². The molecule has 1 fully saturated rings. The average Bonchev–Trinajstić information content (AvgIpc) is 2.88. The Labute approximate surface area is 79.3 Å². The van der Waals surface area contributed by atoms with Gasteiger partial charge in [0.1, 0.15) is 12.4 Å². The highest BCUT2D eigenvalue weighted by atomic mass is 16.6. The van der Waals surface area contributed by atoms with Crippen molar-refractivity contribution in [1.82, 2.24) is 0 Å². The van der Waals surface area contributed by atoms with Crippen LogP contribution in [0.15, 0.2) is 24.3 Å². The molecule has 2 nitrogen and oxygen atoms in total. The molecule has 0 aromatic rings. The number of aldehydes is 1. The summed E-state index contributed by atoms with van der Waals surface area (Å²) in [6.07, 6.45) is 12.2. The van der Waals surface area contributed by atoms with E-state index in [0.29, 0.717) is 12.2 Å². The van der Waals surface area contributed by atoms with Crippen LogP contribution in [0.5, 0.6) is 0 Å². The SMILES string of the molecule is CCCCC1OC1C=CC=CC=O. The Morgan fingerprint density at radius 2 is 2.15 bits per heavy atom. The maximum atomic E-state index is 9.92. The minimum absolute atomic E-state index is 0.294. The van der Waals surface area contributed by atoms with Gasteiger partial charge in [-0.1, -0.05) is 38.0 Å². The Kier molecular flexibility index (Phi) is 4.47. The molecule has 1 aliphatic heterocycles. The number of unbranched alkanes of at least 4 members (excludes halogenated alkanes) is 1. The highest BCUT2D eigenvalue weighted by Gasteiger charge is 2.34. The summed E-state index contributed by atoms with van der Waals surface area (Å²) < 4.78 is 5.39. The molecule has 0 aromatic carbocycles. The Hall–Kier alpha value is -0.890. The monoisotopic (exact) mass is 180 g/mol. The fourth-order valence-corrected chi connectivity index (χ4v) is 1.25. The first-order valence-electron chi connectivity index (χ1n) is 4.82. The summed E-state index contributed by atoms with van der Waals surface area (Å²) in [6.45, 7) is 2.18. The van der Waals surface area contributed by atoms with Crippen LogP contribution in [-0.4, -0.2) is 18.5 Å². The maximum Gasteiger partial charge on any atom is 0.142 e. The van der Waals surface area contributed by atoms with Crippen molar-refractivity contribution in [2.45, 2.75) is 38.4 Å². The minimum Gasteiger partial charge on any atom is -0.365 e. The minimum atomic E-state index is 0.294. The third kappa shape index (κ3) is 4.04. The topological polar surface area (TPSA) is 29.6 Å². The quantitative estimate of drug-likeness (QED) is 0.271. The molecule has 72 valence electrons. The zero-order valence-corrected chi connectivity index (χ0v) is 7.98. The molecule has 13 heavy (non-hydrogen) atoms. The van der Waals surface area contributed by atoms with Gasteiger partial charge < -0.3 is 4.74 Å². The molecule has 2 heteroatoms. The molecule has 1 saturated heterocycles. The van der Waals surface area contributed by atoms with E-state index in [2.05, 4.69) is 6.92 Å². The smallest absolute Gasteiger partial charge is 0.142 e. The molecule has 1 heterocycles. The Balaban J connectivity index is 2.09. The number of carbonyl (C=O) groups excluding carboxylic acids is 1. The molecule has 0 radical (unpaired) electrons. The molecule has 2 atom stereocenters.